The lowest BCUT2D eigenvalue weighted by atomic mass is 10.1. The van der Waals surface area contributed by atoms with E-state index in [0.717, 1.165) is 6.29 Å². The van der Waals surface area contributed by atoms with Gasteiger partial charge in [0.25, 0.3) is 0 Å². The van der Waals surface area contributed by atoms with Crippen LogP contribution in [0.1, 0.15) is 18.4 Å². The molecule has 0 amide bonds. The van der Waals surface area contributed by atoms with E-state index in [4.69, 9.17) is 0 Å². The molecule has 0 spiro atoms. The molecular weight excluding hydrogens is 168 g/mol. The molecule has 1 aromatic rings. The van der Waals surface area contributed by atoms with Crippen LogP contribution in [0.15, 0.2) is 18.2 Å². The van der Waals surface area contributed by atoms with Gasteiger partial charge in [0.1, 0.15) is 17.8 Å². The SMILES string of the molecule is O=CCCCc1c(O)cccc1O. The zero-order valence-corrected chi connectivity index (χ0v) is 7.23. The average Bonchev–Trinajstić information content (AvgIpc) is 2.10. The maximum Gasteiger partial charge on any atom is 0.122 e. The molecule has 0 aromatic heterocycles. The number of carbonyl (C=O) groups excluding carboxylic acids is 1. The molecule has 13 heavy (non-hydrogen) atoms. The normalized spacial score (nSPS) is 9.85. The van der Waals surface area contributed by atoms with Gasteiger partial charge in [0.05, 0.1) is 0 Å². The summed E-state index contributed by atoms with van der Waals surface area (Å²) in [6.07, 6.45) is 2.46. The molecule has 0 bridgehead atoms. The Hall–Kier alpha value is -1.51. The average molecular weight is 180 g/mol. The van der Waals surface area contributed by atoms with Gasteiger partial charge in [0.2, 0.25) is 0 Å². The second-order valence-electron chi connectivity index (χ2n) is 2.83. The molecule has 0 aliphatic rings. The van der Waals surface area contributed by atoms with E-state index < -0.39 is 0 Å². The maximum atomic E-state index is 10.0. The number of carbonyl (C=O) groups is 1. The van der Waals surface area contributed by atoms with Gasteiger partial charge in [-0.15, -0.1) is 0 Å². The molecule has 0 aliphatic heterocycles. The molecule has 0 unspecified atom stereocenters. The van der Waals surface area contributed by atoms with Crippen molar-refractivity contribution in [3.05, 3.63) is 23.8 Å². The van der Waals surface area contributed by atoms with Gasteiger partial charge in [-0.2, -0.15) is 0 Å². The van der Waals surface area contributed by atoms with Crippen LogP contribution in [-0.2, 0) is 11.2 Å². The Morgan fingerprint density at radius 2 is 1.85 bits per heavy atom. The first-order chi connectivity index (χ1) is 6.25. The minimum atomic E-state index is 0.0888. The predicted octanol–water partition coefficient (Wildman–Crippen LogP) is 1.62. The molecule has 0 atom stereocenters. The van der Waals surface area contributed by atoms with E-state index in [0.29, 0.717) is 24.8 Å². The van der Waals surface area contributed by atoms with Gasteiger partial charge in [-0.1, -0.05) is 6.07 Å². The van der Waals surface area contributed by atoms with E-state index in [1.807, 2.05) is 0 Å². The molecule has 1 rings (SSSR count). The third-order valence-electron chi connectivity index (χ3n) is 1.88. The van der Waals surface area contributed by atoms with Crippen LogP contribution >= 0.6 is 0 Å². The molecule has 0 radical (unpaired) electrons. The quantitative estimate of drug-likeness (QED) is 0.546. The summed E-state index contributed by atoms with van der Waals surface area (Å²) in [6.45, 7) is 0. The third-order valence-corrected chi connectivity index (χ3v) is 1.88. The van der Waals surface area contributed by atoms with Crippen molar-refractivity contribution in [2.75, 3.05) is 0 Å². The van der Waals surface area contributed by atoms with Crippen LogP contribution in [0, 0.1) is 0 Å². The lowest BCUT2D eigenvalue weighted by Crippen LogP contribution is -1.88. The summed E-state index contributed by atoms with van der Waals surface area (Å²) in [5, 5.41) is 18.7. The molecule has 0 heterocycles. The summed E-state index contributed by atoms with van der Waals surface area (Å²) >= 11 is 0. The summed E-state index contributed by atoms with van der Waals surface area (Å²) in [4.78, 5) is 10.0. The standard InChI is InChI=1S/C10H12O3/c11-7-2-1-4-8-9(12)5-3-6-10(8)13/h3,5-7,12-13H,1-2,4H2. The summed E-state index contributed by atoms with van der Waals surface area (Å²) in [7, 11) is 0. The number of unbranched alkanes of at least 4 members (excludes halogenated alkanes) is 1. The Morgan fingerprint density at radius 3 is 2.38 bits per heavy atom. The lowest BCUT2D eigenvalue weighted by Gasteiger charge is -2.04. The van der Waals surface area contributed by atoms with Crippen LogP contribution in [0.2, 0.25) is 0 Å². The molecule has 3 heteroatoms. The summed E-state index contributed by atoms with van der Waals surface area (Å²) in [5.74, 6) is 0.178. The topological polar surface area (TPSA) is 57.5 Å². The zero-order valence-electron chi connectivity index (χ0n) is 7.23. The number of phenolic OH excluding ortho intramolecular Hbond substituents is 2. The fraction of sp³-hybridized carbons (Fsp3) is 0.300. The van der Waals surface area contributed by atoms with Gasteiger partial charge in [0.15, 0.2) is 0 Å². The van der Waals surface area contributed by atoms with Gasteiger partial charge >= 0.3 is 0 Å². The highest BCUT2D eigenvalue weighted by atomic mass is 16.3. The van der Waals surface area contributed by atoms with Gasteiger partial charge in [-0.25, -0.2) is 0 Å². The van der Waals surface area contributed by atoms with Gasteiger partial charge < -0.3 is 15.0 Å². The first-order valence-corrected chi connectivity index (χ1v) is 4.19. The summed E-state index contributed by atoms with van der Waals surface area (Å²) in [5.41, 5.74) is 0.518. The Labute approximate surface area is 76.6 Å². The number of rotatable bonds is 4. The van der Waals surface area contributed by atoms with Gasteiger partial charge in [-0.05, 0) is 25.0 Å². The molecule has 0 aliphatic carbocycles. The number of phenols is 2. The van der Waals surface area contributed by atoms with Crippen LogP contribution in [0.3, 0.4) is 0 Å². The second-order valence-corrected chi connectivity index (χ2v) is 2.83. The second kappa shape index (κ2) is 4.50. The first kappa shape index (κ1) is 9.58. The van der Waals surface area contributed by atoms with Crippen LogP contribution in [-0.4, -0.2) is 16.5 Å². The van der Waals surface area contributed by atoms with E-state index in [2.05, 4.69) is 0 Å². The molecule has 0 fully saturated rings. The van der Waals surface area contributed by atoms with Crippen LogP contribution < -0.4 is 0 Å². The number of aldehydes is 1. The van der Waals surface area contributed by atoms with Crippen LogP contribution in [0.4, 0.5) is 0 Å². The van der Waals surface area contributed by atoms with E-state index in [9.17, 15) is 15.0 Å². The Bertz CT molecular complexity index is 274. The molecule has 3 nitrogen and oxygen atoms in total. The van der Waals surface area contributed by atoms with Crippen LogP contribution in [0.5, 0.6) is 11.5 Å². The molecule has 70 valence electrons. The molecule has 2 N–H and O–H groups in total. The predicted molar refractivity (Wildman–Crippen MR) is 48.8 cm³/mol. The van der Waals surface area contributed by atoms with Crippen molar-refractivity contribution >= 4 is 6.29 Å². The van der Waals surface area contributed by atoms with Crippen molar-refractivity contribution in [3.8, 4) is 11.5 Å². The van der Waals surface area contributed by atoms with E-state index >= 15 is 0 Å². The Balaban J connectivity index is 2.69. The molecule has 0 saturated carbocycles. The number of hydrogen-bond donors (Lipinski definition) is 2. The minimum Gasteiger partial charge on any atom is -0.508 e. The minimum absolute atomic E-state index is 0.0888. The monoisotopic (exact) mass is 180 g/mol. The van der Waals surface area contributed by atoms with Gasteiger partial charge in [-0.3, -0.25) is 0 Å². The lowest BCUT2D eigenvalue weighted by molar-refractivity contribution is -0.107. The van der Waals surface area contributed by atoms with E-state index in [-0.39, 0.29) is 11.5 Å². The van der Waals surface area contributed by atoms with E-state index in [1.165, 1.54) is 12.1 Å². The Kier molecular flexibility index (Phi) is 3.31. The number of benzene rings is 1. The van der Waals surface area contributed by atoms with Crippen molar-refractivity contribution < 1.29 is 15.0 Å². The van der Waals surface area contributed by atoms with Gasteiger partial charge in [0, 0.05) is 12.0 Å². The highest BCUT2D eigenvalue weighted by Crippen LogP contribution is 2.27. The zero-order chi connectivity index (χ0) is 9.68. The van der Waals surface area contributed by atoms with Crippen molar-refractivity contribution in [2.45, 2.75) is 19.3 Å². The fourth-order valence-electron chi connectivity index (χ4n) is 1.18. The summed E-state index contributed by atoms with van der Waals surface area (Å²) in [6, 6.07) is 4.62. The largest absolute Gasteiger partial charge is 0.508 e. The van der Waals surface area contributed by atoms with E-state index in [1.54, 1.807) is 6.07 Å². The van der Waals surface area contributed by atoms with Crippen molar-refractivity contribution in [1.82, 2.24) is 0 Å². The highest BCUT2D eigenvalue weighted by molar-refractivity contribution is 5.49. The Morgan fingerprint density at radius 1 is 1.23 bits per heavy atom. The molecule has 0 saturated heterocycles. The van der Waals surface area contributed by atoms with Crippen molar-refractivity contribution in [2.24, 2.45) is 0 Å². The third kappa shape index (κ3) is 2.47. The molecular formula is C10H12O3. The number of aromatic hydroxyl groups is 2. The van der Waals surface area contributed by atoms with Crippen molar-refractivity contribution in [3.63, 3.8) is 0 Å². The van der Waals surface area contributed by atoms with Crippen molar-refractivity contribution in [1.29, 1.82) is 0 Å². The maximum absolute atomic E-state index is 10.0. The highest BCUT2D eigenvalue weighted by Gasteiger charge is 2.05. The van der Waals surface area contributed by atoms with Crippen LogP contribution in [0.25, 0.3) is 0 Å². The summed E-state index contributed by atoms with van der Waals surface area (Å²) < 4.78 is 0. The fourth-order valence-corrected chi connectivity index (χ4v) is 1.18. The molecule has 1 aromatic carbocycles. The first-order valence-electron chi connectivity index (χ1n) is 4.19. The number of hydrogen-bond acceptors (Lipinski definition) is 3. The smallest absolute Gasteiger partial charge is 0.122 e.